The molecule has 0 fully saturated rings. The number of carbonyl (C=O) groups excluding carboxylic acids is 1. The van der Waals surface area contributed by atoms with Crippen LogP contribution >= 0.6 is 0 Å². The number of hydrogen-bond donors (Lipinski definition) is 2. The normalized spacial score (nSPS) is 11.5. The summed E-state index contributed by atoms with van der Waals surface area (Å²) in [4.78, 5) is 21.0. The highest BCUT2D eigenvalue weighted by Crippen LogP contribution is 2.10. The summed E-state index contributed by atoms with van der Waals surface area (Å²) in [5.74, 6) is 0. The fourth-order valence-electron chi connectivity index (χ4n) is 1.87. The molecule has 120 valence electrons. The molecule has 0 radical (unpaired) electrons. The van der Waals surface area contributed by atoms with Gasteiger partial charge in [-0.1, -0.05) is 0 Å². The molecule has 1 aromatic heterocycles. The summed E-state index contributed by atoms with van der Waals surface area (Å²) in [6.45, 7) is 12.5. The average molecular weight is 296 g/mol. The first kappa shape index (κ1) is 17.5. The number of imidazole rings is 1. The Kier molecular flexibility index (Phi) is 6.68. The summed E-state index contributed by atoms with van der Waals surface area (Å²) in [7, 11) is 0. The Hall–Kier alpha value is -1.56. The third-order valence-electron chi connectivity index (χ3n) is 3.04. The van der Waals surface area contributed by atoms with Crippen molar-refractivity contribution in [3.8, 4) is 0 Å². The number of hydrogen-bond acceptors (Lipinski definition) is 4. The molecule has 0 saturated heterocycles. The summed E-state index contributed by atoms with van der Waals surface area (Å²) in [5, 5.41) is 3.33. The smallest absolute Gasteiger partial charge is 0.410 e. The Morgan fingerprint density at radius 1 is 1.48 bits per heavy atom. The Morgan fingerprint density at radius 2 is 2.19 bits per heavy atom. The van der Waals surface area contributed by atoms with Crippen LogP contribution in [0.3, 0.4) is 0 Å². The van der Waals surface area contributed by atoms with Gasteiger partial charge in [-0.2, -0.15) is 0 Å². The zero-order valence-corrected chi connectivity index (χ0v) is 13.8. The molecule has 1 amide bonds. The van der Waals surface area contributed by atoms with Crippen LogP contribution in [0.5, 0.6) is 0 Å². The van der Waals surface area contributed by atoms with E-state index in [4.69, 9.17) is 4.74 Å². The van der Waals surface area contributed by atoms with E-state index < -0.39 is 5.60 Å². The van der Waals surface area contributed by atoms with Gasteiger partial charge in [-0.25, -0.2) is 9.78 Å². The highest BCUT2D eigenvalue weighted by molar-refractivity contribution is 5.68. The van der Waals surface area contributed by atoms with Crippen molar-refractivity contribution >= 4 is 6.09 Å². The summed E-state index contributed by atoms with van der Waals surface area (Å²) in [6.07, 6.45) is 2.35. The molecule has 0 unspecified atom stereocenters. The number of aromatic nitrogens is 2. The first-order chi connectivity index (χ1) is 9.83. The zero-order valence-electron chi connectivity index (χ0n) is 13.8. The molecule has 1 rings (SSSR count). The van der Waals surface area contributed by atoms with Gasteiger partial charge < -0.3 is 19.9 Å². The number of amides is 1. The third-order valence-corrected chi connectivity index (χ3v) is 3.04. The topological polar surface area (TPSA) is 70.2 Å². The lowest BCUT2D eigenvalue weighted by atomic mass is 10.2. The van der Waals surface area contributed by atoms with Gasteiger partial charge in [-0.15, -0.1) is 0 Å². The van der Waals surface area contributed by atoms with Gasteiger partial charge in [0.2, 0.25) is 0 Å². The Morgan fingerprint density at radius 3 is 2.71 bits per heavy atom. The van der Waals surface area contributed by atoms with Crippen LogP contribution in [0.4, 0.5) is 4.79 Å². The zero-order chi connectivity index (χ0) is 15.9. The minimum atomic E-state index is -0.444. The van der Waals surface area contributed by atoms with Crippen LogP contribution in [0, 0.1) is 6.92 Å². The summed E-state index contributed by atoms with van der Waals surface area (Å²) < 4.78 is 5.37. The number of ether oxygens (including phenoxy) is 1. The monoisotopic (exact) mass is 296 g/mol. The molecular formula is C15H28N4O2. The molecule has 0 aliphatic heterocycles. The average Bonchev–Trinajstić information content (AvgIpc) is 2.77. The van der Waals surface area contributed by atoms with Gasteiger partial charge in [0, 0.05) is 25.3 Å². The molecule has 2 N–H and O–H groups in total. The lowest BCUT2D eigenvalue weighted by Crippen LogP contribution is -2.38. The SMILES string of the molecule is CCN(CCCNCc1nc[nH]c1C)C(=O)OC(C)(C)C. The second-order valence-electron chi connectivity index (χ2n) is 6.06. The van der Waals surface area contributed by atoms with E-state index in [1.165, 1.54) is 0 Å². The van der Waals surface area contributed by atoms with Crippen molar-refractivity contribution < 1.29 is 9.53 Å². The van der Waals surface area contributed by atoms with E-state index in [0.29, 0.717) is 13.1 Å². The Bertz CT molecular complexity index is 437. The molecule has 0 bridgehead atoms. The van der Waals surface area contributed by atoms with Crippen molar-refractivity contribution in [3.05, 3.63) is 17.7 Å². The van der Waals surface area contributed by atoms with Crippen LogP contribution in [0.2, 0.25) is 0 Å². The van der Waals surface area contributed by atoms with Crippen molar-refractivity contribution in [2.45, 2.75) is 53.2 Å². The molecule has 1 aromatic rings. The van der Waals surface area contributed by atoms with Crippen molar-refractivity contribution in [2.24, 2.45) is 0 Å². The lowest BCUT2D eigenvalue weighted by Gasteiger charge is -2.26. The van der Waals surface area contributed by atoms with Gasteiger partial charge in [0.05, 0.1) is 12.0 Å². The summed E-state index contributed by atoms with van der Waals surface area (Å²) >= 11 is 0. The lowest BCUT2D eigenvalue weighted by molar-refractivity contribution is 0.0258. The number of aryl methyl sites for hydroxylation is 1. The molecule has 0 saturated carbocycles. The number of aromatic amines is 1. The number of nitrogens with zero attached hydrogens (tertiary/aromatic N) is 2. The van der Waals surface area contributed by atoms with Crippen molar-refractivity contribution in [1.82, 2.24) is 20.2 Å². The van der Waals surface area contributed by atoms with Crippen LogP contribution in [0.15, 0.2) is 6.33 Å². The number of carbonyl (C=O) groups is 1. The fourth-order valence-corrected chi connectivity index (χ4v) is 1.87. The Labute approximate surface area is 127 Å². The summed E-state index contributed by atoms with van der Waals surface area (Å²) in [5.41, 5.74) is 1.68. The van der Waals surface area contributed by atoms with E-state index in [1.807, 2.05) is 34.6 Å². The van der Waals surface area contributed by atoms with Crippen LogP contribution < -0.4 is 5.32 Å². The highest BCUT2D eigenvalue weighted by atomic mass is 16.6. The second kappa shape index (κ2) is 8.02. The van der Waals surface area contributed by atoms with E-state index in [1.54, 1.807) is 11.2 Å². The highest BCUT2D eigenvalue weighted by Gasteiger charge is 2.20. The Balaban J connectivity index is 2.23. The molecule has 0 aliphatic rings. The van der Waals surface area contributed by atoms with Gasteiger partial charge in [0.25, 0.3) is 0 Å². The number of rotatable bonds is 7. The first-order valence-corrected chi connectivity index (χ1v) is 7.51. The molecule has 0 aromatic carbocycles. The van der Waals surface area contributed by atoms with E-state index in [9.17, 15) is 4.79 Å². The minimum absolute atomic E-state index is 0.242. The molecule has 6 heteroatoms. The van der Waals surface area contributed by atoms with Crippen LogP contribution in [-0.4, -0.2) is 46.2 Å². The van der Waals surface area contributed by atoms with Crippen molar-refractivity contribution in [2.75, 3.05) is 19.6 Å². The van der Waals surface area contributed by atoms with Gasteiger partial charge in [-0.05, 0) is 47.6 Å². The van der Waals surface area contributed by atoms with Gasteiger partial charge >= 0.3 is 6.09 Å². The van der Waals surface area contributed by atoms with Crippen LogP contribution in [0.25, 0.3) is 0 Å². The molecule has 0 aliphatic carbocycles. The number of nitrogens with one attached hydrogen (secondary N) is 2. The predicted octanol–water partition coefficient (Wildman–Crippen LogP) is 2.45. The molecule has 21 heavy (non-hydrogen) atoms. The maximum atomic E-state index is 12.0. The fraction of sp³-hybridized carbons (Fsp3) is 0.733. The maximum Gasteiger partial charge on any atom is 0.410 e. The predicted molar refractivity (Wildman–Crippen MR) is 83.1 cm³/mol. The second-order valence-corrected chi connectivity index (χ2v) is 6.06. The van der Waals surface area contributed by atoms with Crippen molar-refractivity contribution in [1.29, 1.82) is 0 Å². The van der Waals surface area contributed by atoms with Gasteiger partial charge in [-0.3, -0.25) is 0 Å². The maximum absolute atomic E-state index is 12.0. The van der Waals surface area contributed by atoms with Gasteiger partial charge in [0.1, 0.15) is 5.60 Å². The molecule has 0 spiro atoms. The molecule has 0 atom stereocenters. The standard InChI is InChI=1S/C15H28N4O2/c1-6-19(14(20)21-15(3,4)5)9-7-8-16-10-13-12(2)17-11-18-13/h11,16H,6-10H2,1-5H3,(H,17,18). The third kappa shape index (κ3) is 6.62. The molecular weight excluding hydrogens is 268 g/mol. The van der Waals surface area contributed by atoms with Gasteiger partial charge in [0.15, 0.2) is 0 Å². The van der Waals surface area contributed by atoms with E-state index >= 15 is 0 Å². The van der Waals surface area contributed by atoms with E-state index in [0.717, 1.165) is 30.9 Å². The first-order valence-electron chi connectivity index (χ1n) is 7.51. The molecule has 1 heterocycles. The van der Waals surface area contributed by atoms with Crippen LogP contribution in [0.1, 0.15) is 45.5 Å². The largest absolute Gasteiger partial charge is 0.444 e. The van der Waals surface area contributed by atoms with Crippen LogP contribution in [-0.2, 0) is 11.3 Å². The molecule has 6 nitrogen and oxygen atoms in total. The van der Waals surface area contributed by atoms with Crippen molar-refractivity contribution in [3.63, 3.8) is 0 Å². The van der Waals surface area contributed by atoms with E-state index in [-0.39, 0.29) is 6.09 Å². The summed E-state index contributed by atoms with van der Waals surface area (Å²) in [6, 6.07) is 0. The number of H-pyrrole nitrogens is 1. The minimum Gasteiger partial charge on any atom is -0.444 e. The van der Waals surface area contributed by atoms with E-state index in [2.05, 4.69) is 15.3 Å². The quantitative estimate of drug-likeness (QED) is 0.758.